The van der Waals surface area contributed by atoms with Crippen LogP contribution in [-0.2, 0) is 11.2 Å². The summed E-state index contributed by atoms with van der Waals surface area (Å²) in [5.74, 6) is 0.0933. The third-order valence-corrected chi connectivity index (χ3v) is 3.72. The lowest BCUT2D eigenvalue weighted by molar-refractivity contribution is -0.115. The molecule has 0 radical (unpaired) electrons. The summed E-state index contributed by atoms with van der Waals surface area (Å²) in [5.41, 5.74) is 5.20. The molecule has 6 heteroatoms. The highest BCUT2D eigenvalue weighted by Gasteiger charge is 2.14. The Morgan fingerprint density at radius 2 is 1.70 bits per heavy atom. The maximum atomic E-state index is 12.2. The molecule has 2 heterocycles. The molecule has 6 nitrogen and oxygen atoms in total. The van der Waals surface area contributed by atoms with E-state index in [0.717, 1.165) is 27.9 Å². The van der Waals surface area contributed by atoms with Crippen molar-refractivity contribution in [3.8, 4) is 0 Å². The van der Waals surface area contributed by atoms with E-state index in [1.165, 1.54) is 0 Å². The molecule has 1 amide bonds. The number of rotatable bonds is 3. The molecule has 0 aliphatic carbocycles. The van der Waals surface area contributed by atoms with Gasteiger partial charge in [0.05, 0.1) is 6.42 Å². The van der Waals surface area contributed by atoms with E-state index in [0.29, 0.717) is 17.2 Å². The number of carbonyl (C=O) groups is 1. The van der Waals surface area contributed by atoms with Gasteiger partial charge in [-0.25, -0.2) is 9.97 Å². The quantitative estimate of drug-likeness (QED) is 0.804. The zero-order valence-electron chi connectivity index (χ0n) is 13.6. The fourth-order valence-corrected chi connectivity index (χ4v) is 2.47. The van der Waals surface area contributed by atoms with Gasteiger partial charge in [0.1, 0.15) is 5.69 Å². The number of nitrogens with one attached hydrogen (secondary N) is 1. The number of nitrogens with zero attached hydrogens (tertiary/aromatic N) is 3. The minimum absolute atomic E-state index is 0.117. The Labute approximate surface area is 133 Å². The van der Waals surface area contributed by atoms with Gasteiger partial charge < -0.3 is 4.52 Å². The minimum Gasteiger partial charge on any atom is -0.356 e. The largest absolute Gasteiger partial charge is 0.356 e. The lowest BCUT2D eigenvalue weighted by Crippen LogP contribution is -2.17. The number of aromatic nitrogens is 3. The molecule has 0 saturated heterocycles. The van der Waals surface area contributed by atoms with Crippen molar-refractivity contribution in [1.82, 2.24) is 15.1 Å². The molecule has 2 aromatic heterocycles. The highest BCUT2D eigenvalue weighted by molar-refractivity contribution is 5.93. The second-order valence-corrected chi connectivity index (χ2v) is 5.76. The number of benzene rings is 1. The van der Waals surface area contributed by atoms with E-state index in [9.17, 15) is 4.79 Å². The van der Waals surface area contributed by atoms with Gasteiger partial charge in [-0.2, -0.15) is 0 Å². The van der Waals surface area contributed by atoms with Gasteiger partial charge in [0.2, 0.25) is 11.9 Å². The third kappa shape index (κ3) is 3.21. The molecule has 0 spiro atoms. The van der Waals surface area contributed by atoms with Gasteiger partial charge in [0, 0.05) is 16.8 Å². The van der Waals surface area contributed by atoms with Gasteiger partial charge in [-0.15, -0.1) is 0 Å². The van der Waals surface area contributed by atoms with Crippen molar-refractivity contribution >= 4 is 22.8 Å². The van der Waals surface area contributed by atoms with Crippen LogP contribution in [0.1, 0.15) is 28.2 Å². The lowest BCUT2D eigenvalue weighted by Gasteiger charge is -2.04. The second kappa shape index (κ2) is 5.79. The van der Waals surface area contributed by atoms with Crippen molar-refractivity contribution in [3.05, 3.63) is 46.4 Å². The number of fused-ring (bicyclic) bond motifs is 1. The molecule has 0 unspecified atom stereocenters. The van der Waals surface area contributed by atoms with Crippen molar-refractivity contribution in [1.29, 1.82) is 0 Å². The van der Waals surface area contributed by atoms with Gasteiger partial charge in [0.15, 0.2) is 5.58 Å². The SMILES string of the molecule is Cc1cc(C)nc(NC(=O)Cc2noc3cc(C)c(C)cc23)n1. The molecule has 0 aliphatic heterocycles. The Bertz CT molecular complexity index is 879. The molecule has 3 aromatic rings. The first kappa shape index (κ1) is 15.1. The fourth-order valence-electron chi connectivity index (χ4n) is 2.47. The Morgan fingerprint density at radius 1 is 1.04 bits per heavy atom. The van der Waals surface area contributed by atoms with Gasteiger partial charge >= 0.3 is 0 Å². The molecule has 23 heavy (non-hydrogen) atoms. The van der Waals surface area contributed by atoms with E-state index < -0.39 is 0 Å². The first-order valence-electron chi connectivity index (χ1n) is 7.40. The third-order valence-electron chi connectivity index (χ3n) is 3.72. The average molecular weight is 310 g/mol. The predicted octanol–water partition coefficient (Wildman–Crippen LogP) is 3.03. The number of hydrogen-bond acceptors (Lipinski definition) is 5. The molecular weight excluding hydrogens is 292 g/mol. The van der Waals surface area contributed by atoms with E-state index >= 15 is 0 Å². The second-order valence-electron chi connectivity index (χ2n) is 5.76. The van der Waals surface area contributed by atoms with E-state index in [1.807, 2.05) is 45.9 Å². The highest BCUT2D eigenvalue weighted by atomic mass is 16.5. The molecule has 118 valence electrons. The summed E-state index contributed by atoms with van der Waals surface area (Å²) in [6.45, 7) is 7.76. The van der Waals surface area contributed by atoms with Crippen LogP contribution in [0, 0.1) is 27.7 Å². The monoisotopic (exact) mass is 310 g/mol. The topological polar surface area (TPSA) is 80.9 Å². The van der Waals surface area contributed by atoms with Crippen molar-refractivity contribution in [2.24, 2.45) is 0 Å². The summed E-state index contributed by atoms with van der Waals surface area (Å²) in [6.07, 6.45) is 0.117. The molecular formula is C17H18N4O2. The van der Waals surface area contributed by atoms with Crippen LogP contribution in [-0.4, -0.2) is 21.0 Å². The summed E-state index contributed by atoms with van der Waals surface area (Å²) in [5, 5.41) is 7.59. The normalized spacial score (nSPS) is 11.0. The Hall–Kier alpha value is -2.76. The number of amides is 1. The Kier molecular flexibility index (Phi) is 3.82. The number of aryl methyl sites for hydroxylation is 4. The zero-order chi connectivity index (χ0) is 16.6. The molecule has 0 saturated carbocycles. The zero-order valence-corrected chi connectivity index (χ0v) is 13.6. The lowest BCUT2D eigenvalue weighted by atomic mass is 10.1. The van der Waals surface area contributed by atoms with E-state index in [1.54, 1.807) is 0 Å². The molecule has 0 atom stereocenters. The van der Waals surface area contributed by atoms with Gasteiger partial charge in [-0.05, 0) is 57.0 Å². The van der Waals surface area contributed by atoms with Crippen LogP contribution in [0.5, 0.6) is 0 Å². The van der Waals surface area contributed by atoms with E-state index in [2.05, 4.69) is 20.4 Å². The first-order valence-corrected chi connectivity index (χ1v) is 7.40. The van der Waals surface area contributed by atoms with E-state index in [-0.39, 0.29) is 12.3 Å². The average Bonchev–Trinajstić information content (AvgIpc) is 2.80. The van der Waals surface area contributed by atoms with E-state index in [4.69, 9.17) is 4.52 Å². The molecule has 1 N–H and O–H groups in total. The molecule has 0 bridgehead atoms. The van der Waals surface area contributed by atoms with Crippen LogP contribution in [0.4, 0.5) is 5.95 Å². The van der Waals surface area contributed by atoms with Gasteiger partial charge in [0.25, 0.3) is 0 Å². The fraction of sp³-hybridized carbons (Fsp3) is 0.294. The molecule has 0 fully saturated rings. The van der Waals surface area contributed by atoms with Crippen LogP contribution >= 0.6 is 0 Å². The van der Waals surface area contributed by atoms with Crippen LogP contribution in [0.2, 0.25) is 0 Å². The van der Waals surface area contributed by atoms with Gasteiger partial charge in [-0.1, -0.05) is 5.16 Å². The van der Waals surface area contributed by atoms with Crippen molar-refractivity contribution in [2.45, 2.75) is 34.1 Å². The predicted molar refractivity (Wildman–Crippen MR) is 87.3 cm³/mol. The van der Waals surface area contributed by atoms with Crippen molar-refractivity contribution < 1.29 is 9.32 Å². The summed E-state index contributed by atoms with van der Waals surface area (Å²) in [7, 11) is 0. The number of hydrogen-bond donors (Lipinski definition) is 1. The molecule has 1 aromatic carbocycles. The minimum atomic E-state index is -0.219. The number of carbonyl (C=O) groups excluding carboxylic acids is 1. The van der Waals surface area contributed by atoms with Crippen molar-refractivity contribution in [2.75, 3.05) is 5.32 Å². The first-order chi connectivity index (χ1) is 10.9. The summed E-state index contributed by atoms with van der Waals surface area (Å²) >= 11 is 0. The van der Waals surface area contributed by atoms with Crippen molar-refractivity contribution in [3.63, 3.8) is 0 Å². The summed E-state index contributed by atoms with van der Waals surface area (Å²) < 4.78 is 5.31. The van der Waals surface area contributed by atoms with Crippen LogP contribution in [0.15, 0.2) is 22.7 Å². The van der Waals surface area contributed by atoms with Gasteiger partial charge in [-0.3, -0.25) is 10.1 Å². The van der Waals surface area contributed by atoms with Crippen LogP contribution in [0.3, 0.4) is 0 Å². The Morgan fingerprint density at radius 3 is 2.39 bits per heavy atom. The molecule has 0 aliphatic rings. The maximum Gasteiger partial charge on any atom is 0.232 e. The maximum absolute atomic E-state index is 12.2. The van der Waals surface area contributed by atoms with Crippen LogP contribution in [0.25, 0.3) is 11.0 Å². The highest BCUT2D eigenvalue weighted by Crippen LogP contribution is 2.23. The summed E-state index contributed by atoms with van der Waals surface area (Å²) in [4.78, 5) is 20.6. The smallest absolute Gasteiger partial charge is 0.232 e. The standard InChI is InChI=1S/C17H18N4O2/c1-9-5-13-14(21-23-15(13)6-10(9)2)8-16(22)20-17-18-11(3)7-12(4)19-17/h5-7H,8H2,1-4H3,(H,18,19,20,22). The summed E-state index contributed by atoms with van der Waals surface area (Å²) in [6, 6.07) is 5.79. The Balaban J connectivity index is 1.81. The van der Waals surface area contributed by atoms with Crippen LogP contribution < -0.4 is 5.32 Å². The number of anilines is 1. The molecule has 3 rings (SSSR count).